The Balaban J connectivity index is 1.07. The molecule has 7 rings (SSSR count). The number of rotatable bonds is 4. The molecule has 3 aliphatic rings. The van der Waals surface area contributed by atoms with Crippen LogP contribution in [0.3, 0.4) is 0 Å². The van der Waals surface area contributed by atoms with Crippen molar-refractivity contribution in [1.29, 1.82) is 0 Å². The lowest BCUT2D eigenvalue weighted by molar-refractivity contribution is 0.0205. The molecular formula is C36H44N6O4. The van der Waals surface area contributed by atoms with Gasteiger partial charge in [-0.2, -0.15) is 0 Å². The van der Waals surface area contributed by atoms with Crippen molar-refractivity contribution in [3.63, 3.8) is 0 Å². The predicted octanol–water partition coefficient (Wildman–Crippen LogP) is 8.15. The van der Waals surface area contributed by atoms with Crippen molar-refractivity contribution in [3.8, 4) is 22.4 Å². The molecule has 2 N–H and O–H groups in total. The number of nitrogens with zero attached hydrogens (tertiary/aromatic N) is 4. The van der Waals surface area contributed by atoms with Gasteiger partial charge in [0.2, 0.25) is 0 Å². The first-order chi connectivity index (χ1) is 21.8. The molecule has 0 radical (unpaired) electrons. The fourth-order valence-electron chi connectivity index (χ4n) is 6.80. The Bertz CT molecular complexity index is 1770. The first-order valence-electron chi connectivity index (χ1n) is 16.4. The second-order valence-corrected chi connectivity index (χ2v) is 15.3. The van der Waals surface area contributed by atoms with Gasteiger partial charge in [-0.25, -0.2) is 19.6 Å². The minimum absolute atomic E-state index is 0.118. The van der Waals surface area contributed by atoms with Crippen LogP contribution in [0.2, 0.25) is 0 Å². The number of likely N-dealkylation sites (tertiary alicyclic amines) is 2. The van der Waals surface area contributed by atoms with Crippen LogP contribution in [0.4, 0.5) is 9.59 Å². The Morgan fingerprint density at radius 2 is 1.48 bits per heavy atom. The second kappa shape index (κ2) is 10.9. The summed E-state index contributed by atoms with van der Waals surface area (Å²) in [7, 11) is 0. The van der Waals surface area contributed by atoms with E-state index in [4.69, 9.17) is 14.5 Å². The van der Waals surface area contributed by atoms with Gasteiger partial charge in [0.25, 0.3) is 0 Å². The van der Waals surface area contributed by atoms with Crippen LogP contribution < -0.4 is 0 Å². The molecule has 0 bridgehead atoms. The molecule has 2 amide bonds. The van der Waals surface area contributed by atoms with E-state index in [9.17, 15) is 9.59 Å². The van der Waals surface area contributed by atoms with Crippen LogP contribution in [0, 0.1) is 5.41 Å². The number of amides is 2. The van der Waals surface area contributed by atoms with Crippen molar-refractivity contribution in [2.75, 3.05) is 13.1 Å². The van der Waals surface area contributed by atoms with Gasteiger partial charge < -0.3 is 19.4 Å². The number of hydrogen-bond acceptors (Lipinski definition) is 6. The molecule has 2 atom stereocenters. The lowest BCUT2D eigenvalue weighted by Crippen LogP contribution is -2.37. The molecular weight excluding hydrogens is 580 g/mol. The molecule has 4 aromatic rings. The normalized spacial score (nSPS) is 20.9. The summed E-state index contributed by atoms with van der Waals surface area (Å²) in [6.45, 7) is 12.8. The van der Waals surface area contributed by atoms with Crippen LogP contribution in [-0.2, 0) is 9.47 Å². The largest absolute Gasteiger partial charge is 0.444 e. The molecule has 10 heteroatoms. The van der Waals surface area contributed by atoms with E-state index in [0.717, 1.165) is 83.7 Å². The van der Waals surface area contributed by atoms with Crippen molar-refractivity contribution < 1.29 is 19.1 Å². The lowest BCUT2D eigenvalue weighted by atomic mass is 10.0. The van der Waals surface area contributed by atoms with Crippen LogP contribution in [0.1, 0.15) is 97.4 Å². The Kier molecular flexibility index (Phi) is 7.17. The third-order valence-electron chi connectivity index (χ3n) is 9.23. The van der Waals surface area contributed by atoms with Gasteiger partial charge in [-0.1, -0.05) is 30.3 Å². The third-order valence-corrected chi connectivity index (χ3v) is 9.23. The van der Waals surface area contributed by atoms with E-state index in [1.807, 2.05) is 58.7 Å². The van der Waals surface area contributed by atoms with E-state index in [-0.39, 0.29) is 29.7 Å². The highest BCUT2D eigenvalue weighted by Crippen LogP contribution is 2.58. The van der Waals surface area contributed by atoms with Gasteiger partial charge in [-0.15, -0.1) is 0 Å². The maximum Gasteiger partial charge on any atom is 0.410 e. The number of ether oxygens (including phenoxy) is 2. The van der Waals surface area contributed by atoms with Gasteiger partial charge in [0.1, 0.15) is 22.9 Å². The molecule has 2 aliphatic heterocycles. The van der Waals surface area contributed by atoms with E-state index in [1.54, 1.807) is 4.90 Å². The number of carbonyl (C=O) groups excluding carboxylic acids is 2. The summed E-state index contributed by atoms with van der Waals surface area (Å²) in [6, 6.07) is 14.4. The molecule has 1 spiro atoms. The molecule has 4 heterocycles. The maximum absolute atomic E-state index is 13.1. The zero-order chi connectivity index (χ0) is 32.4. The topological polar surface area (TPSA) is 116 Å². The van der Waals surface area contributed by atoms with Gasteiger partial charge in [-0.3, -0.25) is 9.80 Å². The molecule has 46 heavy (non-hydrogen) atoms. The van der Waals surface area contributed by atoms with Crippen LogP contribution >= 0.6 is 0 Å². The minimum atomic E-state index is -0.544. The molecule has 242 valence electrons. The molecule has 0 unspecified atom stereocenters. The fraction of sp³-hybridized carbons (Fsp3) is 0.500. The highest BCUT2D eigenvalue weighted by Gasteiger charge is 2.55. The van der Waals surface area contributed by atoms with Gasteiger partial charge in [0, 0.05) is 13.1 Å². The quantitative estimate of drug-likeness (QED) is 0.237. The summed E-state index contributed by atoms with van der Waals surface area (Å²) < 4.78 is 11.4. The van der Waals surface area contributed by atoms with E-state index >= 15 is 0 Å². The number of fused-ring (bicyclic) bond motifs is 1. The van der Waals surface area contributed by atoms with Gasteiger partial charge in [0.05, 0.1) is 35.0 Å². The Morgan fingerprint density at radius 3 is 2.15 bits per heavy atom. The van der Waals surface area contributed by atoms with E-state index in [1.165, 1.54) is 0 Å². The average molecular weight is 625 g/mol. The molecule has 2 aromatic carbocycles. The number of H-pyrrole nitrogens is 2. The van der Waals surface area contributed by atoms with Crippen LogP contribution in [0.15, 0.2) is 48.7 Å². The summed E-state index contributed by atoms with van der Waals surface area (Å²) in [6.07, 6.45) is 6.25. The molecule has 2 saturated heterocycles. The van der Waals surface area contributed by atoms with Crippen molar-refractivity contribution in [2.24, 2.45) is 5.41 Å². The summed E-state index contributed by atoms with van der Waals surface area (Å²) >= 11 is 0. The van der Waals surface area contributed by atoms with E-state index in [0.29, 0.717) is 6.54 Å². The van der Waals surface area contributed by atoms with Crippen molar-refractivity contribution in [1.82, 2.24) is 29.7 Å². The number of benzene rings is 2. The number of carbonyl (C=O) groups is 2. The number of imidazole rings is 2. The first kappa shape index (κ1) is 30.3. The van der Waals surface area contributed by atoms with Crippen LogP contribution in [-0.4, -0.2) is 66.2 Å². The Hall–Kier alpha value is -4.34. The molecule has 3 fully saturated rings. The smallest absolute Gasteiger partial charge is 0.410 e. The highest BCUT2D eigenvalue weighted by molar-refractivity contribution is 5.83. The number of aromatic amines is 2. The molecule has 10 nitrogen and oxygen atoms in total. The second-order valence-electron chi connectivity index (χ2n) is 15.3. The van der Waals surface area contributed by atoms with Crippen LogP contribution in [0.5, 0.6) is 0 Å². The predicted molar refractivity (Wildman–Crippen MR) is 176 cm³/mol. The zero-order valence-electron chi connectivity index (χ0n) is 27.6. The lowest BCUT2D eigenvalue weighted by Gasteiger charge is -2.27. The number of nitrogens with one attached hydrogen (secondary N) is 2. The third kappa shape index (κ3) is 6.09. The molecule has 1 saturated carbocycles. The monoisotopic (exact) mass is 624 g/mol. The van der Waals surface area contributed by atoms with Crippen LogP contribution in [0.25, 0.3) is 33.4 Å². The SMILES string of the molecule is CC(C)(C)OC(=O)N1CCC[C@H]1c1ncc(-c2ccc(-c3ccc4nc([C@@H]5CC6(CC6)CN5C(=O)OC(C)(C)C)[nH]c4c3)cc2)[nH]1. The van der Waals surface area contributed by atoms with Crippen molar-refractivity contribution in [3.05, 3.63) is 60.3 Å². The van der Waals surface area contributed by atoms with E-state index < -0.39 is 11.2 Å². The highest BCUT2D eigenvalue weighted by atomic mass is 16.6. The number of aromatic nitrogens is 4. The van der Waals surface area contributed by atoms with E-state index in [2.05, 4.69) is 51.4 Å². The van der Waals surface area contributed by atoms with Gasteiger partial charge in [-0.05, 0) is 108 Å². The number of hydrogen-bond donors (Lipinski definition) is 2. The summed E-state index contributed by atoms with van der Waals surface area (Å²) in [4.78, 5) is 46.2. The first-order valence-corrected chi connectivity index (χ1v) is 16.4. The Morgan fingerprint density at radius 1 is 0.826 bits per heavy atom. The fourth-order valence-corrected chi connectivity index (χ4v) is 6.80. The van der Waals surface area contributed by atoms with Crippen molar-refractivity contribution in [2.45, 2.75) is 96.9 Å². The summed E-state index contributed by atoms with van der Waals surface area (Å²) in [5.41, 5.74) is 5.04. The van der Waals surface area contributed by atoms with Gasteiger partial charge >= 0.3 is 12.2 Å². The summed E-state index contributed by atoms with van der Waals surface area (Å²) in [5, 5.41) is 0. The Labute approximate surface area is 269 Å². The van der Waals surface area contributed by atoms with Gasteiger partial charge in [0.15, 0.2) is 0 Å². The molecule has 1 aliphatic carbocycles. The molecule has 2 aromatic heterocycles. The minimum Gasteiger partial charge on any atom is -0.444 e. The maximum atomic E-state index is 13.1. The average Bonchev–Trinajstić information content (AvgIpc) is 3.47. The zero-order valence-corrected chi connectivity index (χ0v) is 27.6. The van der Waals surface area contributed by atoms with Crippen molar-refractivity contribution >= 4 is 23.2 Å². The summed E-state index contributed by atoms with van der Waals surface area (Å²) in [5.74, 6) is 1.60. The standard InChI is InChI=1S/C36H44N6O4/c1-34(2,3)45-32(43)41-17-7-8-28(41)30-37-20-27(40-30)23-11-9-22(10-12-23)24-13-14-25-26(18-24)39-31(38-25)29-19-36(15-16-36)21-42(29)33(44)46-35(4,5)6/h9-14,18,20,28-29H,7-8,15-17,19,21H2,1-6H3,(H,37,40)(H,38,39)/t28-,29-/m0/s1.